The summed E-state index contributed by atoms with van der Waals surface area (Å²) in [7, 11) is 1.46. The van der Waals surface area contributed by atoms with E-state index < -0.39 is 11.7 Å². The summed E-state index contributed by atoms with van der Waals surface area (Å²) in [5, 5.41) is -0.333. The topological polar surface area (TPSA) is 74.3 Å². The predicted octanol–water partition coefficient (Wildman–Crippen LogP) is 3.26. The third-order valence-corrected chi connectivity index (χ3v) is 7.75. The minimum absolute atomic E-state index is 0.0205. The van der Waals surface area contributed by atoms with Gasteiger partial charge in [-0.05, 0) is 18.6 Å². The maximum Gasteiger partial charge on any atom is 0.419 e. The van der Waals surface area contributed by atoms with Crippen LogP contribution in [0, 0.1) is 0 Å². The van der Waals surface area contributed by atoms with Crippen molar-refractivity contribution >= 4 is 29.0 Å². The smallest absolute Gasteiger partial charge is 0.419 e. The number of aromatic nitrogens is 2. The number of piperazine rings is 1. The van der Waals surface area contributed by atoms with Crippen molar-refractivity contribution in [1.82, 2.24) is 19.8 Å². The van der Waals surface area contributed by atoms with E-state index in [0.29, 0.717) is 63.9 Å². The van der Waals surface area contributed by atoms with E-state index in [1.807, 2.05) is 11.0 Å². The molecule has 5 rings (SSSR count). The first kappa shape index (κ1) is 28.4. The maximum atomic E-state index is 13.8. The van der Waals surface area contributed by atoms with E-state index in [1.54, 1.807) is 11.0 Å². The molecule has 2 fully saturated rings. The van der Waals surface area contributed by atoms with Crippen LogP contribution in [-0.4, -0.2) is 98.4 Å². The van der Waals surface area contributed by atoms with Gasteiger partial charge in [-0.2, -0.15) is 23.1 Å². The number of morpholine rings is 1. The third kappa shape index (κ3) is 6.29. The molecule has 216 valence electrons. The Morgan fingerprint density at radius 1 is 1.07 bits per heavy atom. The Kier molecular flexibility index (Phi) is 8.67. The second kappa shape index (κ2) is 12.2. The largest absolute Gasteiger partial charge is 0.467 e. The van der Waals surface area contributed by atoms with Crippen LogP contribution in [0.25, 0.3) is 0 Å². The lowest BCUT2D eigenvalue weighted by atomic mass is 10.0. The molecular weight excluding hydrogens is 549 g/mol. The zero-order chi connectivity index (χ0) is 28.3. The van der Waals surface area contributed by atoms with Gasteiger partial charge in [-0.15, -0.1) is 0 Å². The predicted molar refractivity (Wildman–Crippen MR) is 145 cm³/mol. The lowest BCUT2D eigenvalue weighted by molar-refractivity contribution is -0.137. The zero-order valence-electron chi connectivity index (χ0n) is 22.3. The van der Waals surface area contributed by atoms with Crippen molar-refractivity contribution in [2.75, 3.05) is 82.5 Å². The standard InChI is InChI=1S/C27H32ClF3N6O3/c1-39-26-32-21-18-37(22-5-2-4-20(28)24(22)27(29,30)31)9-7-19(21)25(33-26)36-12-10-35(11-13-36)23(38)6-3-8-34-14-16-40-17-15-34/h2-6H,7-18H2,1H3/b6-3+. The van der Waals surface area contributed by atoms with Gasteiger partial charge in [0.05, 0.1) is 48.8 Å². The molecule has 0 bridgehead atoms. The molecule has 0 aliphatic carbocycles. The molecule has 4 heterocycles. The molecule has 0 spiro atoms. The molecule has 0 radical (unpaired) electrons. The number of benzene rings is 1. The van der Waals surface area contributed by atoms with E-state index in [2.05, 4.69) is 19.8 Å². The van der Waals surface area contributed by atoms with Crippen LogP contribution in [0.2, 0.25) is 5.02 Å². The van der Waals surface area contributed by atoms with Gasteiger partial charge >= 0.3 is 12.2 Å². The number of hydrogen-bond acceptors (Lipinski definition) is 8. The van der Waals surface area contributed by atoms with E-state index in [-0.39, 0.29) is 29.2 Å². The molecule has 1 amide bonds. The summed E-state index contributed by atoms with van der Waals surface area (Å²) < 4.78 is 52.2. The highest BCUT2D eigenvalue weighted by molar-refractivity contribution is 6.31. The monoisotopic (exact) mass is 580 g/mol. The fraction of sp³-hybridized carbons (Fsp3) is 0.519. The minimum atomic E-state index is -4.59. The van der Waals surface area contributed by atoms with E-state index >= 15 is 0 Å². The van der Waals surface area contributed by atoms with Crippen molar-refractivity contribution in [3.8, 4) is 6.01 Å². The Bertz CT molecular complexity index is 1250. The summed E-state index contributed by atoms with van der Waals surface area (Å²) in [6.45, 7) is 6.62. The molecular formula is C27H32ClF3N6O3. The average Bonchev–Trinajstić information content (AvgIpc) is 2.96. The van der Waals surface area contributed by atoms with Gasteiger partial charge in [-0.25, -0.2) is 0 Å². The van der Waals surface area contributed by atoms with Crippen molar-refractivity contribution < 1.29 is 27.4 Å². The number of alkyl halides is 3. The Hall–Kier alpha value is -3.09. The van der Waals surface area contributed by atoms with Crippen LogP contribution in [0.5, 0.6) is 6.01 Å². The number of carbonyl (C=O) groups excluding carboxylic acids is 1. The van der Waals surface area contributed by atoms with E-state index in [1.165, 1.54) is 25.3 Å². The fourth-order valence-corrected chi connectivity index (χ4v) is 5.61. The molecule has 1 aromatic heterocycles. The summed E-state index contributed by atoms with van der Waals surface area (Å²) in [5.41, 5.74) is 0.684. The van der Waals surface area contributed by atoms with Crippen molar-refractivity contribution in [2.24, 2.45) is 0 Å². The molecule has 40 heavy (non-hydrogen) atoms. The van der Waals surface area contributed by atoms with Crippen LogP contribution in [0.4, 0.5) is 24.7 Å². The van der Waals surface area contributed by atoms with Crippen molar-refractivity contribution in [3.63, 3.8) is 0 Å². The third-order valence-electron chi connectivity index (χ3n) is 7.44. The molecule has 0 N–H and O–H groups in total. The van der Waals surface area contributed by atoms with Gasteiger partial charge in [-0.3, -0.25) is 9.69 Å². The van der Waals surface area contributed by atoms with Crippen molar-refractivity contribution in [3.05, 3.63) is 52.2 Å². The van der Waals surface area contributed by atoms with Crippen molar-refractivity contribution in [1.29, 1.82) is 0 Å². The Morgan fingerprint density at radius 2 is 1.82 bits per heavy atom. The second-order valence-corrected chi connectivity index (χ2v) is 10.3. The molecule has 2 aromatic rings. The highest BCUT2D eigenvalue weighted by Gasteiger charge is 2.38. The lowest BCUT2D eigenvalue weighted by Gasteiger charge is -2.38. The summed E-state index contributed by atoms with van der Waals surface area (Å²) in [4.78, 5) is 29.6. The van der Waals surface area contributed by atoms with Crippen LogP contribution in [-0.2, 0) is 28.7 Å². The molecule has 2 saturated heterocycles. The van der Waals surface area contributed by atoms with Gasteiger partial charge < -0.3 is 24.2 Å². The summed E-state index contributed by atoms with van der Waals surface area (Å²) >= 11 is 5.97. The highest BCUT2D eigenvalue weighted by Crippen LogP contribution is 2.42. The lowest BCUT2D eigenvalue weighted by Crippen LogP contribution is -2.49. The van der Waals surface area contributed by atoms with Gasteiger partial charge in [0.2, 0.25) is 5.91 Å². The molecule has 0 atom stereocenters. The van der Waals surface area contributed by atoms with Gasteiger partial charge in [0.1, 0.15) is 5.82 Å². The first-order valence-corrected chi connectivity index (χ1v) is 13.7. The molecule has 0 unspecified atom stereocenters. The number of methoxy groups -OCH3 is 1. The molecule has 9 nitrogen and oxygen atoms in total. The maximum absolute atomic E-state index is 13.8. The highest BCUT2D eigenvalue weighted by atomic mass is 35.5. The first-order chi connectivity index (χ1) is 19.2. The normalized spacial score (nSPS) is 18.8. The van der Waals surface area contributed by atoms with Crippen LogP contribution in [0.15, 0.2) is 30.4 Å². The van der Waals surface area contributed by atoms with Crippen LogP contribution >= 0.6 is 11.6 Å². The molecule has 3 aliphatic rings. The van der Waals surface area contributed by atoms with E-state index in [0.717, 1.165) is 25.2 Å². The SMILES string of the molecule is COc1nc2c(c(N3CCN(C(=O)/C=C/CN4CCOCC4)CC3)n1)CCN(c1cccc(Cl)c1C(F)(F)F)C2. The summed E-state index contributed by atoms with van der Waals surface area (Å²) in [6, 6.07) is 4.36. The van der Waals surface area contributed by atoms with Gasteiger partial charge in [0, 0.05) is 64.0 Å². The number of rotatable bonds is 6. The number of amides is 1. The van der Waals surface area contributed by atoms with Crippen LogP contribution in [0.3, 0.4) is 0 Å². The number of anilines is 2. The fourth-order valence-electron chi connectivity index (χ4n) is 5.33. The van der Waals surface area contributed by atoms with Crippen LogP contribution in [0.1, 0.15) is 16.8 Å². The average molecular weight is 581 g/mol. The number of halogens is 4. The Labute approximate surface area is 236 Å². The number of ether oxygens (including phenoxy) is 2. The molecule has 13 heteroatoms. The van der Waals surface area contributed by atoms with Gasteiger partial charge in [0.15, 0.2) is 0 Å². The quantitative estimate of drug-likeness (QED) is 0.482. The summed E-state index contributed by atoms with van der Waals surface area (Å²) in [6.07, 6.45) is -0.582. The number of carbonyl (C=O) groups is 1. The first-order valence-electron chi connectivity index (χ1n) is 13.3. The van der Waals surface area contributed by atoms with Crippen LogP contribution < -0.4 is 14.5 Å². The summed E-state index contributed by atoms with van der Waals surface area (Å²) in [5.74, 6) is 0.687. The van der Waals surface area contributed by atoms with E-state index in [9.17, 15) is 18.0 Å². The van der Waals surface area contributed by atoms with Gasteiger partial charge in [0.25, 0.3) is 0 Å². The number of hydrogen-bond donors (Lipinski definition) is 0. The molecule has 3 aliphatic heterocycles. The molecule has 1 aromatic carbocycles. The van der Waals surface area contributed by atoms with Crippen molar-refractivity contribution in [2.45, 2.75) is 19.1 Å². The minimum Gasteiger partial charge on any atom is -0.467 e. The molecule has 0 saturated carbocycles. The Balaban J connectivity index is 1.28. The number of nitrogens with zero attached hydrogens (tertiary/aromatic N) is 6. The van der Waals surface area contributed by atoms with Gasteiger partial charge in [-0.1, -0.05) is 23.7 Å². The van der Waals surface area contributed by atoms with E-state index in [4.69, 9.17) is 21.1 Å². The second-order valence-electron chi connectivity index (χ2n) is 9.89. The zero-order valence-corrected chi connectivity index (χ0v) is 23.0. The number of fused-ring (bicyclic) bond motifs is 1. The Morgan fingerprint density at radius 3 is 2.52 bits per heavy atom.